The third-order valence-corrected chi connectivity index (χ3v) is 6.71. The molecule has 0 bridgehead atoms. The lowest BCUT2D eigenvalue weighted by atomic mass is 9.99. The molecule has 3 heteroatoms. The van der Waals surface area contributed by atoms with Crippen molar-refractivity contribution in [2.45, 2.75) is 154 Å². The zero-order valence-electron chi connectivity index (χ0n) is 22.1. The minimum absolute atomic E-state index is 0.330. The highest BCUT2D eigenvalue weighted by Crippen LogP contribution is 2.17. The van der Waals surface area contributed by atoms with Crippen molar-refractivity contribution >= 4 is 5.97 Å². The highest BCUT2D eigenvalue weighted by Gasteiger charge is 2.10. The Hall–Kier alpha value is -0.830. The molecule has 0 aliphatic rings. The Morgan fingerprint density at radius 1 is 0.656 bits per heavy atom. The minimum atomic E-state index is -0.662. The average molecular weight is 452 g/mol. The van der Waals surface area contributed by atoms with E-state index in [1.165, 1.54) is 122 Å². The molecule has 0 radical (unpaired) electrons. The van der Waals surface area contributed by atoms with E-state index >= 15 is 0 Å². The summed E-state index contributed by atoms with van der Waals surface area (Å²) < 4.78 is 0. The van der Waals surface area contributed by atoms with Crippen LogP contribution >= 0.6 is 0 Å². The van der Waals surface area contributed by atoms with Gasteiger partial charge in [-0.05, 0) is 59.0 Å². The highest BCUT2D eigenvalue weighted by atomic mass is 16.4. The fourth-order valence-corrected chi connectivity index (χ4v) is 4.47. The molecule has 3 nitrogen and oxygen atoms in total. The second-order valence-corrected chi connectivity index (χ2v) is 10.0. The van der Waals surface area contributed by atoms with E-state index < -0.39 is 5.97 Å². The first-order valence-electron chi connectivity index (χ1n) is 14.1. The number of aliphatic carboxylic acids is 1. The first-order chi connectivity index (χ1) is 15.6. The predicted octanol–water partition coefficient (Wildman–Crippen LogP) is 9.16. The molecule has 0 aliphatic heterocycles. The van der Waals surface area contributed by atoms with Gasteiger partial charge in [0, 0.05) is 12.5 Å². The number of carboxylic acids is 1. The van der Waals surface area contributed by atoms with Crippen molar-refractivity contribution < 1.29 is 9.90 Å². The highest BCUT2D eigenvalue weighted by molar-refractivity contribution is 5.66. The zero-order valence-corrected chi connectivity index (χ0v) is 22.1. The summed E-state index contributed by atoms with van der Waals surface area (Å²) in [6.07, 6.45) is 32.6. The van der Waals surface area contributed by atoms with E-state index in [9.17, 15) is 4.79 Å². The standard InChI is InChI=1S/C29H57NO2/c1-4-5-6-22-25-28(30(2)3)26-23-20-18-16-14-12-10-8-7-9-11-13-15-17-19-21-24-27-29(31)32/h9,11,28H,4-8,10,12-27H2,1-3H3,(H,31,32)/b11-9-. The minimum Gasteiger partial charge on any atom is -0.481 e. The van der Waals surface area contributed by atoms with E-state index in [4.69, 9.17) is 5.11 Å². The van der Waals surface area contributed by atoms with Gasteiger partial charge in [-0.15, -0.1) is 0 Å². The number of hydrogen-bond acceptors (Lipinski definition) is 2. The van der Waals surface area contributed by atoms with Gasteiger partial charge in [0.2, 0.25) is 0 Å². The number of nitrogens with zero attached hydrogens (tertiary/aromatic N) is 1. The molecule has 32 heavy (non-hydrogen) atoms. The van der Waals surface area contributed by atoms with Crippen LogP contribution in [0.3, 0.4) is 0 Å². The summed E-state index contributed by atoms with van der Waals surface area (Å²) >= 11 is 0. The predicted molar refractivity (Wildman–Crippen MR) is 141 cm³/mol. The van der Waals surface area contributed by atoms with Crippen LogP contribution in [0.15, 0.2) is 12.2 Å². The Morgan fingerprint density at radius 3 is 1.50 bits per heavy atom. The van der Waals surface area contributed by atoms with Gasteiger partial charge in [0.25, 0.3) is 0 Å². The molecule has 1 N–H and O–H groups in total. The van der Waals surface area contributed by atoms with Crippen LogP contribution in [0.2, 0.25) is 0 Å². The van der Waals surface area contributed by atoms with E-state index in [0.717, 1.165) is 18.9 Å². The molecule has 0 amide bonds. The van der Waals surface area contributed by atoms with Crippen LogP contribution in [-0.2, 0) is 4.79 Å². The monoisotopic (exact) mass is 451 g/mol. The zero-order chi connectivity index (χ0) is 23.7. The molecule has 0 aromatic carbocycles. The average Bonchev–Trinajstić information content (AvgIpc) is 2.76. The topological polar surface area (TPSA) is 40.5 Å². The van der Waals surface area contributed by atoms with E-state index in [1.54, 1.807) is 0 Å². The number of unbranched alkanes of at least 4 members (excludes halogenated alkanes) is 16. The Bertz CT molecular complexity index is 419. The number of hydrogen-bond donors (Lipinski definition) is 1. The van der Waals surface area contributed by atoms with Gasteiger partial charge in [0.15, 0.2) is 0 Å². The molecule has 1 atom stereocenters. The molecule has 0 saturated carbocycles. The smallest absolute Gasteiger partial charge is 0.303 e. The molecular formula is C29H57NO2. The van der Waals surface area contributed by atoms with Crippen molar-refractivity contribution in [1.29, 1.82) is 0 Å². The van der Waals surface area contributed by atoms with E-state index in [0.29, 0.717) is 6.42 Å². The second-order valence-electron chi connectivity index (χ2n) is 10.0. The molecule has 0 spiro atoms. The molecule has 0 fully saturated rings. The molecule has 0 aromatic heterocycles. The summed E-state index contributed by atoms with van der Waals surface area (Å²) in [5.41, 5.74) is 0. The first-order valence-corrected chi connectivity index (χ1v) is 14.1. The molecule has 0 saturated heterocycles. The molecule has 0 heterocycles. The number of carbonyl (C=O) groups is 1. The Kier molecular flexibility index (Phi) is 24.2. The van der Waals surface area contributed by atoms with Crippen molar-refractivity contribution in [3.63, 3.8) is 0 Å². The fourth-order valence-electron chi connectivity index (χ4n) is 4.47. The summed E-state index contributed by atoms with van der Waals surface area (Å²) in [7, 11) is 4.51. The summed E-state index contributed by atoms with van der Waals surface area (Å²) in [5.74, 6) is -0.662. The lowest BCUT2D eigenvalue weighted by Crippen LogP contribution is -2.27. The van der Waals surface area contributed by atoms with E-state index in [1.807, 2.05) is 0 Å². The fraction of sp³-hybridized carbons (Fsp3) is 0.897. The van der Waals surface area contributed by atoms with Crippen LogP contribution in [0.25, 0.3) is 0 Å². The van der Waals surface area contributed by atoms with Crippen LogP contribution in [0.1, 0.15) is 148 Å². The van der Waals surface area contributed by atoms with Crippen LogP contribution in [0.4, 0.5) is 0 Å². The maximum atomic E-state index is 10.4. The molecule has 1 unspecified atom stereocenters. The Balaban J connectivity index is 3.34. The normalized spacial score (nSPS) is 12.8. The molecule has 0 aliphatic carbocycles. The molecule has 0 rings (SSSR count). The van der Waals surface area contributed by atoms with Gasteiger partial charge in [-0.3, -0.25) is 4.79 Å². The first kappa shape index (κ1) is 31.2. The van der Waals surface area contributed by atoms with Gasteiger partial charge in [-0.1, -0.05) is 109 Å². The van der Waals surface area contributed by atoms with Crippen molar-refractivity contribution in [1.82, 2.24) is 4.90 Å². The van der Waals surface area contributed by atoms with Crippen LogP contribution in [-0.4, -0.2) is 36.1 Å². The SMILES string of the molecule is CCCCCCC(CCCCCCCCCC/C=C\CCCCCCCC(=O)O)N(C)C. The molecule has 0 aromatic rings. The van der Waals surface area contributed by atoms with Gasteiger partial charge in [-0.25, -0.2) is 0 Å². The maximum absolute atomic E-state index is 10.4. The van der Waals surface area contributed by atoms with Crippen molar-refractivity contribution in [3.8, 4) is 0 Å². The third-order valence-electron chi connectivity index (χ3n) is 6.71. The van der Waals surface area contributed by atoms with Crippen molar-refractivity contribution in [2.24, 2.45) is 0 Å². The maximum Gasteiger partial charge on any atom is 0.303 e. The van der Waals surface area contributed by atoms with Crippen molar-refractivity contribution in [2.75, 3.05) is 14.1 Å². The summed E-state index contributed by atoms with van der Waals surface area (Å²) in [4.78, 5) is 12.9. The number of carboxylic acid groups (broad SMARTS) is 1. The van der Waals surface area contributed by atoms with Gasteiger partial charge in [0.1, 0.15) is 0 Å². The largest absolute Gasteiger partial charge is 0.481 e. The third kappa shape index (κ3) is 23.8. The Labute approximate surface area is 201 Å². The molecular weight excluding hydrogens is 394 g/mol. The lowest BCUT2D eigenvalue weighted by Gasteiger charge is -2.24. The van der Waals surface area contributed by atoms with Gasteiger partial charge in [0.05, 0.1) is 0 Å². The summed E-state index contributed by atoms with van der Waals surface area (Å²) in [6.45, 7) is 2.29. The summed E-state index contributed by atoms with van der Waals surface area (Å²) in [6, 6.07) is 0.795. The Morgan fingerprint density at radius 2 is 1.06 bits per heavy atom. The number of allylic oxidation sites excluding steroid dienone is 2. The van der Waals surface area contributed by atoms with E-state index in [-0.39, 0.29) is 0 Å². The van der Waals surface area contributed by atoms with Crippen LogP contribution < -0.4 is 0 Å². The van der Waals surface area contributed by atoms with E-state index in [2.05, 4.69) is 38.1 Å². The van der Waals surface area contributed by atoms with Gasteiger partial charge >= 0.3 is 5.97 Å². The van der Waals surface area contributed by atoms with Crippen LogP contribution in [0.5, 0.6) is 0 Å². The quantitative estimate of drug-likeness (QED) is 0.111. The lowest BCUT2D eigenvalue weighted by molar-refractivity contribution is -0.137. The van der Waals surface area contributed by atoms with Gasteiger partial charge < -0.3 is 10.0 Å². The van der Waals surface area contributed by atoms with Gasteiger partial charge in [-0.2, -0.15) is 0 Å². The summed E-state index contributed by atoms with van der Waals surface area (Å²) in [5, 5.41) is 8.60. The van der Waals surface area contributed by atoms with Crippen molar-refractivity contribution in [3.05, 3.63) is 12.2 Å². The number of rotatable bonds is 25. The van der Waals surface area contributed by atoms with Crippen LogP contribution in [0, 0.1) is 0 Å². The molecule has 190 valence electrons. The second kappa shape index (κ2) is 24.8.